The molecular formula is C20H20N4O2S. The number of rotatable bonds is 7. The third kappa shape index (κ3) is 5.39. The largest absolute Gasteiger partial charge is 0.486 e. The van der Waals surface area contributed by atoms with Gasteiger partial charge in [-0.25, -0.2) is 4.79 Å². The van der Waals surface area contributed by atoms with Crippen LogP contribution < -0.4 is 15.4 Å². The quantitative estimate of drug-likeness (QED) is 0.577. The monoisotopic (exact) mass is 380 g/mol. The SMILES string of the molecule is C=CCc1ccccc1OCc1nnc(NC(=O)Nc2ccc(C)cc2)s1. The molecular weight excluding hydrogens is 360 g/mol. The topological polar surface area (TPSA) is 76.1 Å². The zero-order chi connectivity index (χ0) is 19.1. The van der Waals surface area contributed by atoms with Crippen LogP contribution in [0.2, 0.25) is 0 Å². The minimum Gasteiger partial charge on any atom is -0.486 e. The molecule has 3 rings (SSSR count). The number of aryl methyl sites for hydroxylation is 1. The van der Waals surface area contributed by atoms with E-state index < -0.39 is 0 Å². The Bertz CT molecular complexity index is 922. The molecule has 138 valence electrons. The first-order valence-electron chi connectivity index (χ1n) is 8.42. The standard InChI is InChI=1S/C20H20N4O2S/c1-3-6-15-7-4-5-8-17(15)26-13-18-23-24-20(27-18)22-19(25)21-16-11-9-14(2)10-12-16/h3-5,7-12H,1,6,13H2,2H3,(H2,21,22,24,25). The van der Waals surface area contributed by atoms with Gasteiger partial charge >= 0.3 is 6.03 Å². The maximum absolute atomic E-state index is 12.0. The van der Waals surface area contributed by atoms with Crippen molar-refractivity contribution < 1.29 is 9.53 Å². The summed E-state index contributed by atoms with van der Waals surface area (Å²) in [5.74, 6) is 0.791. The molecule has 2 N–H and O–H groups in total. The van der Waals surface area contributed by atoms with Crippen molar-refractivity contribution in [1.29, 1.82) is 0 Å². The van der Waals surface area contributed by atoms with E-state index in [1.807, 2.05) is 61.5 Å². The Hall–Kier alpha value is -3.19. The van der Waals surface area contributed by atoms with Crippen LogP contribution in [0.3, 0.4) is 0 Å². The van der Waals surface area contributed by atoms with E-state index in [-0.39, 0.29) is 12.6 Å². The van der Waals surface area contributed by atoms with E-state index in [2.05, 4.69) is 27.4 Å². The first-order chi connectivity index (χ1) is 13.1. The van der Waals surface area contributed by atoms with Gasteiger partial charge in [0.25, 0.3) is 0 Å². The lowest BCUT2D eigenvalue weighted by molar-refractivity contribution is 0.262. The molecule has 0 spiro atoms. The lowest BCUT2D eigenvalue weighted by Crippen LogP contribution is -2.19. The summed E-state index contributed by atoms with van der Waals surface area (Å²) in [5.41, 5.74) is 2.90. The predicted octanol–water partition coefficient (Wildman–Crippen LogP) is 4.80. The maximum Gasteiger partial charge on any atom is 0.325 e. The molecule has 0 fully saturated rings. The number of ether oxygens (including phenoxy) is 1. The third-order valence-electron chi connectivity index (χ3n) is 3.68. The number of nitrogens with zero attached hydrogens (tertiary/aromatic N) is 2. The van der Waals surface area contributed by atoms with Gasteiger partial charge < -0.3 is 10.1 Å². The molecule has 1 aromatic heterocycles. The second kappa shape index (κ2) is 8.95. The summed E-state index contributed by atoms with van der Waals surface area (Å²) in [6.45, 7) is 6.03. The normalized spacial score (nSPS) is 10.3. The highest BCUT2D eigenvalue weighted by Gasteiger charge is 2.10. The Labute approximate surface area is 161 Å². The highest BCUT2D eigenvalue weighted by molar-refractivity contribution is 7.15. The molecule has 0 saturated heterocycles. The second-order valence-electron chi connectivity index (χ2n) is 5.84. The van der Waals surface area contributed by atoms with Crippen LogP contribution in [0.15, 0.2) is 61.2 Å². The Balaban J connectivity index is 1.54. The van der Waals surface area contributed by atoms with Crippen molar-refractivity contribution in [1.82, 2.24) is 10.2 Å². The van der Waals surface area contributed by atoms with Gasteiger partial charge in [0.15, 0.2) is 5.01 Å². The zero-order valence-electron chi connectivity index (χ0n) is 14.9. The van der Waals surface area contributed by atoms with E-state index in [1.54, 1.807) is 0 Å². The van der Waals surface area contributed by atoms with Crippen molar-refractivity contribution >= 4 is 28.2 Å². The van der Waals surface area contributed by atoms with E-state index in [4.69, 9.17) is 4.74 Å². The molecule has 0 saturated carbocycles. The molecule has 0 aliphatic carbocycles. The number of hydrogen-bond donors (Lipinski definition) is 2. The molecule has 7 heteroatoms. The van der Waals surface area contributed by atoms with Gasteiger partial charge in [0.2, 0.25) is 5.13 Å². The minimum absolute atomic E-state index is 0.285. The molecule has 0 bridgehead atoms. The predicted molar refractivity (Wildman–Crippen MR) is 108 cm³/mol. The highest BCUT2D eigenvalue weighted by Crippen LogP contribution is 2.22. The van der Waals surface area contributed by atoms with Crippen LogP contribution in [0.1, 0.15) is 16.1 Å². The molecule has 2 amide bonds. The molecule has 27 heavy (non-hydrogen) atoms. The Morgan fingerprint density at radius 3 is 2.70 bits per heavy atom. The molecule has 6 nitrogen and oxygen atoms in total. The average Bonchev–Trinajstić information content (AvgIpc) is 3.10. The summed E-state index contributed by atoms with van der Waals surface area (Å²) in [7, 11) is 0. The first-order valence-corrected chi connectivity index (χ1v) is 9.24. The van der Waals surface area contributed by atoms with Crippen LogP contribution in [0.25, 0.3) is 0 Å². The molecule has 0 radical (unpaired) electrons. The van der Waals surface area contributed by atoms with Crippen molar-refractivity contribution in [3.63, 3.8) is 0 Å². The number of amides is 2. The Morgan fingerprint density at radius 2 is 1.93 bits per heavy atom. The van der Waals surface area contributed by atoms with Crippen LogP contribution in [-0.2, 0) is 13.0 Å². The summed E-state index contributed by atoms with van der Waals surface area (Å²) >= 11 is 1.27. The molecule has 0 unspecified atom stereocenters. The number of allylic oxidation sites excluding steroid dienone is 1. The van der Waals surface area contributed by atoms with E-state index in [0.717, 1.165) is 23.3 Å². The summed E-state index contributed by atoms with van der Waals surface area (Å²) < 4.78 is 5.83. The van der Waals surface area contributed by atoms with Gasteiger partial charge in [0, 0.05) is 5.69 Å². The Morgan fingerprint density at radius 1 is 1.15 bits per heavy atom. The number of para-hydroxylation sites is 1. The van der Waals surface area contributed by atoms with Crippen LogP contribution in [0.5, 0.6) is 5.75 Å². The fourth-order valence-electron chi connectivity index (χ4n) is 2.37. The van der Waals surface area contributed by atoms with Gasteiger partial charge in [-0.05, 0) is 37.1 Å². The number of hydrogen-bond acceptors (Lipinski definition) is 5. The number of anilines is 2. The average molecular weight is 380 g/mol. The lowest BCUT2D eigenvalue weighted by atomic mass is 10.1. The first kappa shape index (κ1) is 18.6. The molecule has 3 aromatic rings. The summed E-state index contributed by atoms with van der Waals surface area (Å²) in [6, 6.07) is 15.0. The number of nitrogens with one attached hydrogen (secondary N) is 2. The van der Waals surface area contributed by atoms with Gasteiger partial charge in [-0.15, -0.1) is 16.8 Å². The number of carbonyl (C=O) groups excluding carboxylic acids is 1. The smallest absolute Gasteiger partial charge is 0.325 e. The van der Waals surface area contributed by atoms with Crippen LogP contribution in [0.4, 0.5) is 15.6 Å². The molecule has 0 aliphatic heterocycles. The van der Waals surface area contributed by atoms with Crippen molar-refractivity contribution in [2.45, 2.75) is 20.0 Å². The maximum atomic E-state index is 12.0. The van der Waals surface area contributed by atoms with Gasteiger partial charge in [-0.1, -0.05) is 53.3 Å². The van der Waals surface area contributed by atoms with Gasteiger partial charge in [-0.2, -0.15) is 0 Å². The zero-order valence-corrected chi connectivity index (χ0v) is 15.8. The molecule has 1 heterocycles. The van der Waals surface area contributed by atoms with Gasteiger partial charge in [0.05, 0.1) is 0 Å². The lowest BCUT2D eigenvalue weighted by Gasteiger charge is -2.08. The minimum atomic E-state index is -0.362. The summed E-state index contributed by atoms with van der Waals surface area (Å²) in [4.78, 5) is 12.0. The van der Waals surface area contributed by atoms with Crippen LogP contribution in [0, 0.1) is 6.92 Å². The van der Waals surface area contributed by atoms with Crippen molar-refractivity contribution in [2.75, 3.05) is 10.6 Å². The van der Waals surface area contributed by atoms with Crippen molar-refractivity contribution in [3.8, 4) is 5.75 Å². The summed E-state index contributed by atoms with van der Waals surface area (Å²) in [6.07, 6.45) is 2.57. The van der Waals surface area contributed by atoms with Crippen molar-refractivity contribution in [3.05, 3.63) is 77.3 Å². The molecule has 0 atom stereocenters. The van der Waals surface area contributed by atoms with E-state index >= 15 is 0 Å². The number of aromatic nitrogens is 2. The fourth-order valence-corrected chi connectivity index (χ4v) is 3.02. The second-order valence-corrected chi connectivity index (χ2v) is 6.90. The number of benzene rings is 2. The molecule has 0 aliphatic rings. The third-order valence-corrected chi connectivity index (χ3v) is 4.50. The van der Waals surface area contributed by atoms with E-state index in [0.29, 0.717) is 15.8 Å². The van der Waals surface area contributed by atoms with Gasteiger partial charge in [0.1, 0.15) is 12.4 Å². The summed E-state index contributed by atoms with van der Waals surface area (Å²) in [5, 5.41) is 14.6. The van der Waals surface area contributed by atoms with Crippen molar-refractivity contribution in [2.24, 2.45) is 0 Å². The Kier molecular flexibility index (Phi) is 6.17. The van der Waals surface area contributed by atoms with Gasteiger partial charge in [-0.3, -0.25) is 5.32 Å². The van der Waals surface area contributed by atoms with E-state index in [9.17, 15) is 4.79 Å². The number of carbonyl (C=O) groups is 1. The fraction of sp³-hybridized carbons (Fsp3) is 0.150. The highest BCUT2D eigenvalue weighted by atomic mass is 32.1. The van der Waals surface area contributed by atoms with Crippen LogP contribution in [-0.4, -0.2) is 16.2 Å². The van der Waals surface area contributed by atoms with E-state index in [1.165, 1.54) is 11.3 Å². The molecule has 2 aromatic carbocycles. The number of urea groups is 1. The van der Waals surface area contributed by atoms with Crippen LogP contribution >= 0.6 is 11.3 Å².